The van der Waals surface area contributed by atoms with Crippen molar-refractivity contribution < 1.29 is 9.53 Å². The van der Waals surface area contributed by atoms with E-state index in [4.69, 9.17) is 4.74 Å². The average Bonchev–Trinajstić information content (AvgIpc) is 2.64. The van der Waals surface area contributed by atoms with Gasteiger partial charge in [-0.2, -0.15) is 0 Å². The second-order valence-corrected chi connectivity index (χ2v) is 3.42. The lowest BCUT2D eigenvalue weighted by atomic mass is 10.3. The minimum Gasteiger partial charge on any atom is -0.479 e. The van der Waals surface area contributed by atoms with E-state index in [1.807, 2.05) is 19.1 Å². The fourth-order valence-corrected chi connectivity index (χ4v) is 1.54. The van der Waals surface area contributed by atoms with Crippen LogP contribution in [0.25, 0.3) is 0 Å². The van der Waals surface area contributed by atoms with Gasteiger partial charge in [-0.05, 0) is 19.1 Å². The lowest BCUT2D eigenvalue weighted by Gasteiger charge is -2.19. The Kier molecular flexibility index (Phi) is 2.45. The van der Waals surface area contributed by atoms with Crippen LogP contribution in [-0.2, 0) is 4.79 Å². The summed E-state index contributed by atoms with van der Waals surface area (Å²) in [6.45, 7) is 2.55. The van der Waals surface area contributed by atoms with E-state index in [9.17, 15) is 4.79 Å². The SMILES string of the molecule is COc1nc(C)ccc1N1CCC(=O)N1. The van der Waals surface area contributed by atoms with Crippen molar-refractivity contribution >= 4 is 11.6 Å². The van der Waals surface area contributed by atoms with Gasteiger partial charge in [-0.3, -0.25) is 15.2 Å². The number of nitrogens with zero attached hydrogens (tertiary/aromatic N) is 2. The maximum atomic E-state index is 11.1. The van der Waals surface area contributed by atoms with Crippen LogP contribution in [-0.4, -0.2) is 24.5 Å². The monoisotopic (exact) mass is 207 g/mol. The molecule has 0 radical (unpaired) electrons. The van der Waals surface area contributed by atoms with Gasteiger partial charge in [-0.15, -0.1) is 0 Å². The van der Waals surface area contributed by atoms with Crippen LogP contribution in [0.2, 0.25) is 0 Å². The fraction of sp³-hybridized carbons (Fsp3) is 0.400. The third-order valence-electron chi connectivity index (χ3n) is 2.29. The minimum atomic E-state index is 0.0256. The van der Waals surface area contributed by atoms with Crippen LogP contribution in [0.15, 0.2) is 12.1 Å². The molecule has 2 heterocycles. The topological polar surface area (TPSA) is 54.5 Å². The van der Waals surface area contributed by atoms with E-state index in [1.165, 1.54) is 0 Å². The van der Waals surface area contributed by atoms with Gasteiger partial charge in [0.1, 0.15) is 5.69 Å². The molecule has 1 amide bonds. The summed E-state index contributed by atoms with van der Waals surface area (Å²) >= 11 is 0. The first-order chi connectivity index (χ1) is 7.20. The summed E-state index contributed by atoms with van der Waals surface area (Å²) in [5, 5.41) is 1.76. The van der Waals surface area contributed by atoms with E-state index in [-0.39, 0.29) is 5.91 Å². The molecule has 15 heavy (non-hydrogen) atoms. The summed E-state index contributed by atoms with van der Waals surface area (Å²) in [6.07, 6.45) is 0.511. The Morgan fingerprint density at radius 3 is 2.93 bits per heavy atom. The highest BCUT2D eigenvalue weighted by atomic mass is 16.5. The Morgan fingerprint density at radius 2 is 2.33 bits per heavy atom. The molecule has 80 valence electrons. The van der Waals surface area contributed by atoms with E-state index >= 15 is 0 Å². The normalized spacial score (nSPS) is 15.3. The maximum absolute atomic E-state index is 11.1. The molecule has 5 nitrogen and oxygen atoms in total. The molecule has 1 fully saturated rings. The number of aryl methyl sites for hydroxylation is 1. The Bertz CT molecular complexity index is 392. The Hall–Kier alpha value is -1.78. The molecule has 1 aliphatic heterocycles. The lowest BCUT2D eigenvalue weighted by Crippen LogP contribution is -2.33. The molecule has 1 N–H and O–H groups in total. The van der Waals surface area contributed by atoms with Crippen molar-refractivity contribution in [2.45, 2.75) is 13.3 Å². The number of nitrogens with one attached hydrogen (secondary N) is 1. The van der Waals surface area contributed by atoms with Gasteiger partial charge in [0.2, 0.25) is 11.8 Å². The van der Waals surface area contributed by atoms with Crippen molar-refractivity contribution in [2.75, 3.05) is 18.7 Å². The molecule has 1 aliphatic rings. The molecule has 0 saturated carbocycles. The molecule has 1 aromatic heterocycles. The summed E-state index contributed by atoms with van der Waals surface area (Å²) in [4.78, 5) is 15.3. The summed E-state index contributed by atoms with van der Waals surface area (Å²) in [5.74, 6) is 0.565. The van der Waals surface area contributed by atoms with E-state index in [1.54, 1.807) is 12.1 Å². The Labute approximate surface area is 88.0 Å². The Morgan fingerprint density at radius 1 is 1.53 bits per heavy atom. The number of anilines is 1. The minimum absolute atomic E-state index is 0.0256. The highest BCUT2D eigenvalue weighted by molar-refractivity contribution is 5.82. The molecule has 1 aromatic rings. The zero-order chi connectivity index (χ0) is 10.8. The van der Waals surface area contributed by atoms with Crippen LogP contribution in [0.1, 0.15) is 12.1 Å². The largest absolute Gasteiger partial charge is 0.479 e. The summed E-state index contributed by atoms with van der Waals surface area (Å²) in [6, 6.07) is 3.79. The highest BCUT2D eigenvalue weighted by Crippen LogP contribution is 2.26. The molecular formula is C10H13N3O2. The first kappa shape index (κ1) is 9.76. The van der Waals surface area contributed by atoms with E-state index in [0.29, 0.717) is 18.8 Å². The summed E-state index contributed by atoms with van der Waals surface area (Å²) < 4.78 is 5.17. The number of amides is 1. The first-order valence-electron chi connectivity index (χ1n) is 4.79. The molecule has 0 spiro atoms. The maximum Gasteiger partial charge on any atom is 0.240 e. The second kappa shape index (κ2) is 3.76. The predicted octanol–water partition coefficient (Wildman–Crippen LogP) is 0.640. The number of aromatic nitrogens is 1. The van der Waals surface area contributed by atoms with Crippen LogP contribution < -0.4 is 15.2 Å². The number of carbonyl (C=O) groups is 1. The molecule has 0 atom stereocenters. The molecule has 5 heteroatoms. The first-order valence-corrected chi connectivity index (χ1v) is 4.79. The van der Waals surface area contributed by atoms with Gasteiger partial charge in [0.15, 0.2) is 0 Å². The molecule has 0 aromatic carbocycles. The number of hydrogen-bond acceptors (Lipinski definition) is 4. The van der Waals surface area contributed by atoms with Crippen LogP contribution in [0.3, 0.4) is 0 Å². The Balaban J connectivity index is 2.31. The third-order valence-corrected chi connectivity index (χ3v) is 2.29. The van der Waals surface area contributed by atoms with Crippen molar-refractivity contribution in [3.8, 4) is 5.88 Å². The smallest absolute Gasteiger partial charge is 0.240 e. The zero-order valence-electron chi connectivity index (χ0n) is 8.78. The molecular weight excluding hydrogens is 194 g/mol. The molecule has 0 unspecified atom stereocenters. The van der Waals surface area contributed by atoms with Crippen LogP contribution in [0.5, 0.6) is 5.88 Å². The highest BCUT2D eigenvalue weighted by Gasteiger charge is 2.21. The predicted molar refractivity (Wildman–Crippen MR) is 55.6 cm³/mol. The number of hydrogen-bond donors (Lipinski definition) is 1. The number of methoxy groups -OCH3 is 1. The van der Waals surface area contributed by atoms with Gasteiger partial charge in [-0.25, -0.2) is 4.98 Å². The fourth-order valence-electron chi connectivity index (χ4n) is 1.54. The third kappa shape index (κ3) is 1.86. The molecule has 2 rings (SSSR count). The summed E-state index contributed by atoms with van der Waals surface area (Å²) in [5.41, 5.74) is 4.43. The van der Waals surface area contributed by atoms with Crippen LogP contribution >= 0.6 is 0 Å². The molecule has 0 bridgehead atoms. The van der Waals surface area contributed by atoms with Gasteiger partial charge < -0.3 is 4.74 Å². The number of ether oxygens (including phenoxy) is 1. The van der Waals surface area contributed by atoms with Crippen molar-refractivity contribution in [3.63, 3.8) is 0 Å². The average molecular weight is 207 g/mol. The zero-order valence-corrected chi connectivity index (χ0v) is 8.78. The summed E-state index contributed by atoms with van der Waals surface area (Å²) in [7, 11) is 1.57. The van der Waals surface area contributed by atoms with Gasteiger partial charge in [-0.1, -0.05) is 0 Å². The van der Waals surface area contributed by atoms with Crippen molar-refractivity contribution in [1.29, 1.82) is 0 Å². The lowest BCUT2D eigenvalue weighted by molar-refractivity contribution is -0.119. The number of carbonyl (C=O) groups excluding carboxylic acids is 1. The van der Waals surface area contributed by atoms with Crippen LogP contribution in [0.4, 0.5) is 5.69 Å². The molecule has 0 aliphatic carbocycles. The van der Waals surface area contributed by atoms with Crippen LogP contribution in [0, 0.1) is 6.92 Å². The van der Waals surface area contributed by atoms with E-state index < -0.39 is 0 Å². The number of rotatable bonds is 2. The molecule has 1 saturated heterocycles. The van der Waals surface area contributed by atoms with Crippen molar-refractivity contribution in [2.24, 2.45) is 0 Å². The number of hydrazine groups is 1. The van der Waals surface area contributed by atoms with Gasteiger partial charge in [0.05, 0.1) is 7.11 Å². The standard InChI is InChI=1S/C10H13N3O2/c1-7-3-4-8(10(11-7)15-2)13-6-5-9(14)12-13/h3-4H,5-6H2,1-2H3,(H,12,14). The van der Waals surface area contributed by atoms with Crippen molar-refractivity contribution in [3.05, 3.63) is 17.8 Å². The van der Waals surface area contributed by atoms with Gasteiger partial charge in [0.25, 0.3) is 0 Å². The number of pyridine rings is 1. The van der Waals surface area contributed by atoms with E-state index in [2.05, 4.69) is 10.4 Å². The van der Waals surface area contributed by atoms with Gasteiger partial charge in [0, 0.05) is 18.7 Å². The second-order valence-electron chi connectivity index (χ2n) is 3.42. The van der Waals surface area contributed by atoms with Gasteiger partial charge >= 0.3 is 0 Å². The van der Waals surface area contributed by atoms with E-state index in [0.717, 1.165) is 11.4 Å². The van der Waals surface area contributed by atoms with Crippen molar-refractivity contribution in [1.82, 2.24) is 10.4 Å². The quantitative estimate of drug-likeness (QED) is 0.773.